The van der Waals surface area contributed by atoms with Crippen LogP contribution in [0.2, 0.25) is 5.02 Å². The lowest BCUT2D eigenvalue weighted by Gasteiger charge is -2.07. The van der Waals surface area contributed by atoms with Gasteiger partial charge in [-0.2, -0.15) is 0 Å². The number of rotatable bonds is 6. The fourth-order valence-electron chi connectivity index (χ4n) is 1.69. The van der Waals surface area contributed by atoms with Gasteiger partial charge in [0, 0.05) is 16.0 Å². The number of nitrogens with zero attached hydrogens (tertiary/aromatic N) is 1. The molecule has 1 aromatic carbocycles. The summed E-state index contributed by atoms with van der Waals surface area (Å²) in [7, 11) is -3.65. The van der Waals surface area contributed by atoms with Crippen LogP contribution in [0.3, 0.4) is 0 Å². The molecular weight excluding hydrogens is 335 g/mol. The van der Waals surface area contributed by atoms with E-state index >= 15 is 0 Å². The van der Waals surface area contributed by atoms with Crippen molar-refractivity contribution in [2.24, 2.45) is 0 Å². The molecule has 2 rings (SSSR count). The molecular formula is C13H14ClFN2O2S2. The third-order valence-electron chi connectivity index (χ3n) is 2.73. The zero-order valence-electron chi connectivity index (χ0n) is 11.3. The Morgan fingerprint density at radius 2 is 2.19 bits per heavy atom. The normalized spacial score (nSPS) is 11.8. The van der Waals surface area contributed by atoms with Crippen molar-refractivity contribution in [1.29, 1.82) is 0 Å². The third kappa shape index (κ3) is 4.74. The predicted molar refractivity (Wildman–Crippen MR) is 82.4 cm³/mol. The van der Waals surface area contributed by atoms with E-state index in [2.05, 4.69) is 9.71 Å². The van der Waals surface area contributed by atoms with Crippen molar-refractivity contribution in [3.63, 3.8) is 0 Å². The van der Waals surface area contributed by atoms with Gasteiger partial charge in [-0.3, -0.25) is 0 Å². The molecule has 0 unspecified atom stereocenters. The van der Waals surface area contributed by atoms with E-state index in [0.717, 1.165) is 17.5 Å². The number of thiazole rings is 1. The van der Waals surface area contributed by atoms with Crippen molar-refractivity contribution >= 4 is 33.0 Å². The molecule has 0 bridgehead atoms. The Morgan fingerprint density at radius 1 is 1.43 bits per heavy atom. The van der Waals surface area contributed by atoms with Crippen molar-refractivity contribution in [3.8, 4) is 0 Å². The second-order valence-electron chi connectivity index (χ2n) is 4.40. The van der Waals surface area contributed by atoms with Crippen LogP contribution in [-0.2, 0) is 28.7 Å². The molecule has 0 fully saturated rings. The summed E-state index contributed by atoms with van der Waals surface area (Å²) in [5.41, 5.74) is 0.703. The maximum atomic E-state index is 13.6. The van der Waals surface area contributed by atoms with E-state index in [1.807, 2.05) is 6.92 Å². The Hall–Kier alpha value is -1.02. The van der Waals surface area contributed by atoms with Crippen LogP contribution in [0.15, 0.2) is 23.6 Å². The van der Waals surface area contributed by atoms with Crippen LogP contribution >= 0.6 is 22.9 Å². The number of aromatic nitrogens is 1. The largest absolute Gasteiger partial charge is 0.245 e. The Balaban J connectivity index is 2.03. The number of hydrogen-bond acceptors (Lipinski definition) is 4. The lowest BCUT2D eigenvalue weighted by molar-refractivity contribution is 0.573. The van der Waals surface area contributed by atoms with Gasteiger partial charge >= 0.3 is 0 Å². The van der Waals surface area contributed by atoms with Gasteiger partial charge < -0.3 is 0 Å². The van der Waals surface area contributed by atoms with E-state index in [9.17, 15) is 12.8 Å². The van der Waals surface area contributed by atoms with Gasteiger partial charge in [0.15, 0.2) is 0 Å². The lowest BCUT2D eigenvalue weighted by atomic mass is 10.2. The van der Waals surface area contributed by atoms with Gasteiger partial charge in [0.2, 0.25) is 10.0 Å². The van der Waals surface area contributed by atoms with Crippen molar-refractivity contribution in [2.75, 3.05) is 0 Å². The zero-order chi connectivity index (χ0) is 15.5. The van der Waals surface area contributed by atoms with Gasteiger partial charge in [-0.25, -0.2) is 22.5 Å². The molecule has 8 heteroatoms. The van der Waals surface area contributed by atoms with Crippen LogP contribution in [0, 0.1) is 5.82 Å². The fraction of sp³-hybridized carbons (Fsp3) is 0.308. The van der Waals surface area contributed by atoms with Crippen LogP contribution in [0.1, 0.15) is 23.2 Å². The molecule has 0 saturated carbocycles. The molecule has 0 atom stereocenters. The molecule has 2 aromatic rings. The number of sulfonamides is 1. The average molecular weight is 349 g/mol. The summed E-state index contributed by atoms with van der Waals surface area (Å²) in [6, 6.07) is 3.84. The molecule has 1 aromatic heterocycles. The third-order valence-corrected chi connectivity index (χ3v) is 5.28. The first-order valence-electron chi connectivity index (χ1n) is 6.24. The monoisotopic (exact) mass is 348 g/mol. The summed E-state index contributed by atoms with van der Waals surface area (Å²) in [4.78, 5) is 4.27. The van der Waals surface area contributed by atoms with Gasteiger partial charge in [-0.1, -0.05) is 18.5 Å². The Bertz CT molecular complexity index is 732. The molecule has 114 valence electrons. The van der Waals surface area contributed by atoms with Crippen molar-refractivity contribution < 1.29 is 12.8 Å². The average Bonchev–Trinajstić information content (AvgIpc) is 2.89. The molecule has 0 amide bonds. The molecule has 21 heavy (non-hydrogen) atoms. The van der Waals surface area contributed by atoms with Crippen LogP contribution in [0.5, 0.6) is 0 Å². The Kier molecular flexibility index (Phi) is 5.32. The van der Waals surface area contributed by atoms with Crippen LogP contribution in [0.25, 0.3) is 0 Å². The molecule has 0 saturated heterocycles. The van der Waals surface area contributed by atoms with E-state index in [-0.39, 0.29) is 12.1 Å². The van der Waals surface area contributed by atoms with Gasteiger partial charge in [-0.15, -0.1) is 11.3 Å². The first-order valence-corrected chi connectivity index (χ1v) is 9.15. The summed E-state index contributed by atoms with van der Waals surface area (Å²) >= 11 is 7.23. The molecule has 0 spiro atoms. The highest BCUT2D eigenvalue weighted by molar-refractivity contribution is 7.88. The van der Waals surface area contributed by atoms with E-state index in [0.29, 0.717) is 10.7 Å². The van der Waals surface area contributed by atoms with E-state index in [1.165, 1.54) is 23.5 Å². The second kappa shape index (κ2) is 6.83. The van der Waals surface area contributed by atoms with Crippen molar-refractivity contribution in [2.45, 2.75) is 25.6 Å². The molecule has 4 nitrogen and oxygen atoms in total. The summed E-state index contributed by atoms with van der Waals surface area (Å²) in [5, 5.41) is 3.06. The van der Waals surface area contributed by atoms with Gasteiger partial charge in [0.25, 0.3) is 0 Å². The second-order valence-corrected chi connectivity index (χ2v) is 7.59. The minimum atomic E-state index is -3.65. The molecule has 1 N–H and O–H groups in total. The smallest absolute Gasteiger partial charge is 0.216 e. The highest BCUT2D eigenvalue weighted by Gasteiger charge is 2.15. The first-order chi connectivity index (χ1) is 9.89. The van der Waals surface area contributed by atoms with Crippen molar-refractivity contribution in [3.05, 3.63) is 50.7 Å². The first kappa shape index (κ1) is 16.4. The summed E-state index contributed by atoms with van der Waals surface area (Å²) < 4.78 is 39.9. The Morgan fingerprint density at radius 3 is 2.86 bits per heavy atom. The highest BCUT2D eigenvalue weighted by atomic mass is 35.5. The predicted octanol–water partition coefficient (Wildman–Crippen LogP) is 3.12. The van der Waals surface area contributed by atoms with Gasteiger partial charge in [0.1, 0.15) is 5.82 Å². The SMILES string of the molecule is CCc1nc(CNS(=O)(=O)Cc2cc(Cl)ccc2F)cs1. The molecule has 0 aliphatic carbocycles. The van der Waals surface area contributed by atoms with E-state index in [1.54, 1.807) is 5.38 Å². The van der Waals surface area contributed by atoms with Gasteiger partial charge in [-0.05, 0) is 24.6 Å². The van der Waals surface area contributed by atoms with Gasteiger partial charge in [0.05, 0.1) is 23.0 Å². The van der Waals surface area contributed by atoms with Crippen LogP contribution < -0.4 is 4.72 Å². The minimum Gasteiger partial charge on any atom is -0.245 e. The number of hydrogen-bond donors (Lipinski definition) is 1. The summed E-state index contributed by atoms with van der Waals surface area (Å²) in [5.74, 6) is -1.05. The molecule has 0 aliphatic heterocycles. The lowest BCUT2D eigenvalue weighted by Crippen LogP contribution is -2.25. The fourth-order valence-corrected chi connectivity index (χ4v) is 3.73. The van der Waals surface area contributed by atoms with E-state index in [4.69, 9.17) is 11.6 Å². The maximum absolute atomic E-state index is 13.6. The topological polar surface area (TPSA) is 59.1 Å². The van der Waals surface area contributed by atoms with Crippen LogP contribution in [0.4, 0.5) is 4.39 Å². The number of aryl methyl sites for hydroxylation is 1. The molecule has 0 aliphatic rings. The quantitative estimate of drug-likeness (QED) is 0.872. The Labute approximate surface area is 132 Å². The maximum Gasteiger partial charge on any atom is 0.216 e. The standard InChI is InChI=1S/C13H14ClFN2O2S2/c1-2-13-17-11(7-20-13)6-16-21(18,19)8-9-5-10(14)3-4-12(9)15/h3-5,7,16H,2,6,8H2,1H3. The molecule has 0 radical (unpaired) electrons. The summed E-state index contributed by atoms with van der Waals surface area (Å²) in [6.45, 7) is 2.08. The number of benzene rings is 1. The highest BCUT2D eigenvalue weighted by Crippen LogP contribution is 2.17. The van der Waals surface area contributed by atoms with Crippen LogP contribution in [-0.4, -0.2) is 13.4 Å². The zero-order valence-corrected chi connectivity index (χ0v) is 13.7. The summed E-state index contributed by atoms with van der Waals surface area (Å²) in [6.07, 6.45) is 0.811. The molecule has 1 heterocycles. The minimum absolute atomic E-state index is 0.0440. The number of nitrogens with one attached hydrogen (secondary N) is 1. The van der Waals surface area contributed by atoms with E-state index < -0.39 is 21.6 Å². The number of halogens is 2. The van der Waals surface area contributed by atoms with Crippen molar-refractivity contribution in [1.82, 2.24) is 9.71 Å².